The fraction of sp³-hybridized carbons (Fsp3) is 0.0769. The van der Waals surface area contributed by atoms with Gasteiger partial charge in [0, 0.05) is 12.6 Å². The van der Waals surface area contributed by atoms with Gasteiger partial charge in [-0.2, -0.15) is 0 Å². The number of nitrogens with one attached hydrogen (secondary N) is 2. The second-order valence-electron chi connectivity index (χ2n) is 4.18. The summed E-state index contributed by atoms with van der Waals surface area (Å²) in [7, 11) is 1.81. The van der Waals surface area contributed by atoms with E-state index in [1.165, 1.54) is 0 Å². The van der Waals surface area contributed by atoms with Gasteiger partial charge in [0.05, 0.1) is 11.2 Å². The van der Waals surface area contributed by atoms with Crippen LogP contribution < -0.4 is 11.1 Å². The molecule has 6 heteroatoms. The van der Waals surface area contributed by atoms with E-state index in [1.807, 2.05) is 19.2 Å². The molecule has 3 aromatic rings. The Hall–Kier alpha value is -2.76. The molecule has 6 nitrogen and oxygen atoms in total. The van der Waals surface area contributed by atoms with Gasteiger partial charge in [0.1, 0.15) is 17.4 Å². The number of benzene rings is 1. The lowest BCUT2D eigenvalue weighted by molar-refractivity contribution is 0.478. The molecular weight excluding hydrogens is 242 g/mol. The first-order chi connectivity index (χ1) is 9.17. The first-order valence-electron chi connectivity index (χ1n) is 5.81. The van der Waals surface area contributed by atoms with Crippen LogP contribution >= 0.6 is 0 Å². The summed E-state index contributed by atoms with van der Waals surface area (Å²) in [6.07, 6.45) is 0. The van der Waals surface area contributed by atoms with Crippen molar-refractivity contribution in [1.82, 2.24) is 15.0 Å². The number of aromatic amines is 1. The number of imidazole rings is 1. The molecule has 0 aliphatic carbocycles. The van der Waals surface area contributed by atoms with Gasteiger partial charge in [0.2, 0.25) is 0 Å². The number of H-pyrrole nitrogens is 1. The van der Waals surface area contributed by atoms with E-state index in [9.17, 15) is 5.11 Å². The Morgan fingerprint density at radius 1 is 1.21 bits per heavy atom. The van der Waals surface area contributed by atoms with Crippen molar-refractivity contribution in [2.45, 2.75) is 0 Å². The van der Waals surface area contributed by atoms with Crippen LogP contribution in [-0.4, -0.2) is 27.1 Å². The minimum Gasteiger partial charge on any atom is -0.506 e. The fourth-order valence-corrected chi connectivity index (χ4v) is 1.87. The summed E-state index contributed by atoms with van der Waals surface area (Å²) in [6.45, 7) is 0. The molecule has 0 radical (unpaired) electrons. The van der Waals surface area contributed by atoms with Crippen molar-refractivity contribution in [3.05, 3.63) is 30.3 Å². The summed E-state index contributed by atoms with van der Waals surface area (Å²) >= 11 is 0. The number of fused-ring (bicyclic) bond motifs is 1. The normalized spacial score (nSPS) is 10.8. The zero-order chi connectivity index (χ0) is 13.4. The summed E-state index contributed by atoms with van der Waals surface area (Å²) in [6, 6.07) is 8.75. The van der Waals surface area contributed by atoms with Crippen molar-refractivity contribution in [3.8, 4) is 17.1 Å². The summed E-state index contributed by atoms with van der Waals surface area (Å²) in [5, 5.41) is 12.4. The van der Waals surface area contributed by atoms with Crippen molar-refractivity contribution >= 4 is 22.7 Å². The van der Waals surface area contributed by atoms with Crippen LogP contribution in [0.15, 0.2) is 30.3 Å². The number of hydrogen-bond acceptors (Lipinski definition) is 5. The van der Waals surface area contributed by atoms with E-state index in [0.717, 1.165) is 16.9 Å². The van der Waals surface area contributed by atoms with Crippen molar-refractivity contribution in [1.29, 1.82) is 0 Å². The van der Waals surface area contributed by atoms with Crippen molar-refractivity contribution < 1.29 is 5.11 Å². The molecule has 0 spiro atoms. The smallest absolute Gasteiger partial charge is 0.180 e. The maximum Gasteiger partial charge on any atom is 0.180 e. The lowest BCUT2D eigenvalue weighted by Crippen LogP contribution is -1.91. The number of phenols is 1. The third-order valence-electron chi connectivity index (χ3n) is 2.90. The topological polar surface area (TPSA) is 99.8 Å². The zero-order valence-corrected chi connectivity index (χ0v) is 10.3. The lowest BCUT2D eigenvalue weighted by Gasteiger charge is -2.00. The molecule has 96 valence electrons. The minimum absolute atomic E-state index is 0.0652. The highest BCUT2D eigenvalue weighted by atomic mass is 16.3. The number of aromatic nitrogens is 3. The number of phenolic OH excluding ortho intramolecular Hbond substituents is 1. The van der Waals surface area contributed by atoms with Crippen LogP contribution in [-0.2, 0) is 0 Å². The molecule has 2 aromatic heterocycles. The van der Waals surface area contributed by atoms with Crippen LogP contribution in [0.2, 0.25) is 0 Å². The van der Waals surface area contributed by atoms with Gasteiger partial charge >= 0.3 is 0 Å². The predicted molar refractivity (Wildman–Crippen MR) is 74.9 cm³/mol. The number of pyridine rings is 1. The van der Waals surface area contributed by atoms with Gasteiger partial charge in [-0.15, -0.1) is 0 Å². The van der Waals surface area contributed by atoms with Gasteiger partial charge in [0.25, 0.3) is 0 Å². The Balaban J connectivity index is 2.11. The molecule has 0 saturated carbocycles. The monoisotopic (exact) mass is 255 g/mol. The summed E-state index contributed by atoms with van der Waals surface area (Å²) in [5.41, 5.74) is 8.29. The van der Waals surface area contributed by atoms with Crippen molar-refractivity contribution in [3.63, 3.8) is 0 Å². The van der Waals surface area contributed by atoms with Crippen LogP contribution in [0.3, 0.4) is 0 Å². The maximum atomic E-state index is 9.42. The molecule has 1 aromatic carbocycles. The van der Waals surface area contributed by atoms with Gasteiger partial charge in [-0.3, -0.25) is 0 Å². The van der Waals surface area contributed by atoms with Gasteiger partial charge in [0.15, 0.2) is 5.65 Å². The van der Waals surface area contributed by atoms with Gasteiger partial charge in [-0.25, -0.2) is 9.97 Å². The van der Waals surface area contributed by atoms with Crippen LogP contribution in [0, 0.1) is 0 Å². The first-order valence-corrected chi connectivity index (χ1v) is 5.81. The second-order valence-corrected chi connectivity index (χ2v) is 4.18. The predicted octanol–water partition coefficient (Wildman–Crippen LogP) is 1.95. The zero-order valence-electron chi connectivity index (χ0n) is 10.3. The van der Waals surface area contributed by atoms with Crippen molar-refractivity contribution in [2.24, 2.45) is 0 Å². The molecule has 0 aliphatic rings. The number of aromatic hydroxyl groups is 1. The average Bonchev–Trinajstić information content (AvgIpc) is 2.84. The third-order valence-corrected chi connectivity index (χ3v) is 2.90. The van der Waals surface area contributed by atoms with Crippen molar-refractivity contribution in [2.75, 3.05) is 18.1 Å². The molecule has 3 rings (SSSR count). The van der Waals surface area contributed by atoms with Crippen LogP contribution in [0.1, 0.15) is 0 Å². The number of hydrogen-bond donors (Lipinski definition) is 4. The molecule has 0 bridgehead atoms. The maximum absolute atomic E-state index is 9.42. The summed E-state index contributed by atoms with van der Waals surface area (Å²) < 4.78 is 0. The molecule has 2 heterocycles. The quantitative estimate of drug-likeness (QED) is 0.414. The van der Waals surface area contributed by atoms with E-state index in [-0.39, 0.29) is 5.75 Å². The van der Waals surface area contributed by atoms with Crippen LogP contribution in [0.25, 0.3) is 22.6 Å². The number of anilines is 2. The van der Waals surface area contributed by atoms with E-state index in [1.54, 1.807) is 18.2 Å². The number of rotatable bonds is 2. The van der Waals surface area contributed by atoms with E-state index in [4.69, 9.17) is 5.73 Å². The van der Waals surface area contributed by atoms with Gasteiger partial charge in [-0.1, -0.05) is 0 Å². The van der Waals surface area contributed by atoms with Crippen LogP contribution in [0.4, 0.5) is 11.5 Å². The molecule has 0 atom stereocenters. The Morgan fingerprint density at radius 2 is 2.05 bits per heavy atom. The Kier molecular flexibility index (Phi) is 2.49. The van der Waals surface area contributed by atoms with Gasteiger partial charge < -0.3 is 21.1 Å². The highest BCUT2D eigenvalue weighted by Crippen LogP contribution is 2.27. The Morgan fingerprint density at radius 3 is 2.79 bits per heavy atom. The molecule has 0 fully saturated rings. The van der Waals surface area contributed by atoms with Crippen LogP contribution in [0.5, 0.6) is 5.75 Å². The summed E-state index contributed by atoms with van der Waals surface area (Å²) in [5.74, 6) is 1.49. The number of nitrogens with zero attached hydrogens (tertiary/aromatic N) is 2. The Labute approximate surface area is 109 Å². The molecule has 0 amide bonds. The number of nitrogens with two attached hydrogens (primary N) is 1. The van der Waals surface area contributed by atoms with E-state index in [2.05, 4.69) is 20.3 Å². The molecule has 19 heavy (non-hydrogen) atoms. The molecule has 0 unspecified atom stereocenters. The summed E-state index contributed by atoms with van der Waals surface area (Å²) in [4.78, 5) is 11.9. The second kappa shape index (κ2) is 4.16. The lowest BCUT2D eigenvalue weighted by atomic mass is 10.2. The standard InChI is InChI=1S/C13H13N5O/c1-15-11-5-3-9-13(17-11)18-12(16-9)7-2-4-10(19)8(14)6-7/h2-6,19H,14H2,1H3,(H2,15,16,17,18). The first kappa shape index (κ1) is 11.3. The van der Waals surface area contributed by atoms with E-state index >= 15 is 0 Å². The fourth-order valence-electron chi connectivity index (χ4n) is 1.87. The van der Waals surface area contributed by atoms with E-state index in [0.29, 0.717) is 17.2 Å². The number of nitrogen functional groups attached to an aromatic ring is 1. The third kappa shape index (κ3) is 1.93. The average molecular weight is 255 g/mol. The molecule has 5 N–H and O–H groups in total. The van der Waals surface area contributed by atoms with Gasteiger partial charge in [-0.05, 0) is 30.3 Å². The molecule has 0 saturated heterocycles. The highest BCUT2D eigenvalue weighted by molar-refractivity contribution is 5.78. The highest BCUT2D eigenvalue weighted by Gasteiger charge is 2.08. The molecule has 0 aliphatic heterocycles. The Bertz CT molecular complexity index is 750. The van der Waals surface area contributed by atoms with E-state index < -0.39 is 0 Å². The largest absolute Gasteiger partial charge is 0.506 e. The SMILES string of the molecule is CNc1ccc2[nH]c(-c3ccc(O)c(N)c3)nc2n1. The minimum atomic E-state index is 0.0652. The molecular formula is C13H13N5O.